The highest BCUT2D eigenvalue weighted by Crippen LogP contribution is 2.17. The summed E-state index contributed by atoms with van der Waals surface area (Å²) >= 11 is 0. The largest absolute Gasteiger partial charge is 0.392 e. The zero-order valence-corrected chi connectivity index (χ0v) is 10.9. The molecule has 100 valence electrons. The van der Waals surface area contributed by atoms with Gasteiger partial charge in [-0.2, -0.15) is 0 Å². The summed E-state index contributed by atoms with van der Waals surface area (Å²) in [5.41, 5.74) is 1.30. The number of hydrogen-bond acceptors (Lipinski definition) is 4. The molecule has 0 amide bonds. The van der Waals surface area contributed by atoms with Crippen molar-refractivity contribution in [3.63, 3.8) is 0 Å². The molecule has 1 aromatic carbocycles. The van der Waals surface area contributed by atoms with Gasteiger partial charge in [-0.15, -0.1) is 0 Å². The number of nitrogens with one attached hydrogen (secondary N) is 2. The predicted molar refractivity (Wildman–Crippen MR) is 70.8 cm³/mol. The second-order valence-corrected chi connectivity index (χ2v) is 6.43. The molecule has 1 aromatic rings. The minimum absolute atomic E-state index is 0.0421. The van der Waals surface area contributed by atoms with Crippen molar-refractivity contribution in [2.24, 2.45) is 0 Å². The molecule has 1 aliphatic heterocycles. The SMILES string of the molecule is O=S(=O)(Nc1ccc(CO)cc1)C1CCCNC1. The quantitative estimate of drug-likeness (QED) is 0.751. The molecule has 0 saturated carbocycles. The van der Waals surface area contributed by atoms with Crippen LogP contribution in [0.1, 0.15) is 18.4 Å². The fourth-order valence-electron chi connectivity index (χ4n) is 2.01. The Bertz CT molecular complexity index is 479. The maximum absolute atomic E-state index is 12.1. The van der Waals surface area contributed by atoms with Gasteiger partial charge in [-0.05, 0) is 37.1 Å². The molecule has 5 nitrogen and oxygen atoms in total. The van der Waals surface area contributed by atoms with E-state index in [1.165, 1.54) is 0 Å². The van der Waals surface area contributed by atoms with Crippen LogP contribution in [0.3, 0.4) is 0 Å². The summed E-state index contributed by atoms with van der Waals surface area (Å²) in [4.78, 5) is 0. The van der Waals surface area contributed by atoms with Crippen LogP contribution >= 0.6 is 0 Å². The van der Waals surface area contributed by atoms with Crippen LogP contribution < -0.4 is 10.0 Å². The van der Waals surface area contributed by atoms with Crippen molar-refractivity contribution in [2.75, 3.05) is 17.8 Å². The van der Waals surface area contributed by atoms with Gasteiger partial charge >= 0.3 is 0 Å². The average molecular weight is 270 g/mol. The maximum Gasteiger partial charge on any atom is 0.236 e. The van der Waals surface area contributed by atoms with E-state index in [1.54, 1.807) is 24.3 Å². The summed E-state index contributed by atoms with van der Waals surface area (Å²) < 4.78 is 26.8. The fraction of sp³-hybridized carbons (Fsp3) is 0.500. The third-order valence-electron chi connectivity index (χ3n) is 3.09. The van der Waals surface area contributed by atoms with E-state index in [-0.39, 0.29) is 11.9 Å². The van der Waals surface area contributed by atoms with Crippen molar-refractivity contribution in [1.29, 1.82) is 0 Å². The monoisotopic (exact) mass is 270 g/mol. The number of sulfonamides is 1. The van der Waals surface area contributed by atoms with E-state index in [0.29, 0.717) is 18.7 Å². The molecule has 2 rings (SSSR count). The van der Waals surface area contributed by atoms with Gasteiger partial charge in [0.05, 0.1) is 11.9 Å². The average Bonchev–Trinajstić information content (AvgIpc) is 2.40. The van der Waals surface area contributed by atoms with Crippen LogP contribution in [0.15, 0.2) is 24.3 Å². The minimum atomic E-state index is -3.33. The number of hydrogen-bond donors (Lipinski definition) is 3. The van der Waals surface area contributed by atoms with E-state index in [0.717, 1.165) is 18.5 Å². The topological polar surface area (TPSA) is 78.4 Å². The van der Waals surface area contributed by atoms with E-state index in [1.807, 2.05) is 0 Å². The molecule has 1 unspecified atom stereocenters. The van der Waals surface area contributed by atoms with Gasteiger partial charge in [0.2, 0.25) is 10.0 Å². The van der Waals surface area contributed by atoms with Gasteiger partial charge in [0.1, 0.15) is 0 Å². The van der Waals surface area contributed by atoms with Crippen LogP contribution in [0.25, 0.3) is 0 Å². The fourth-order valence-corrected chi connectivity index (χ4v) is 3.46. The van der Waals surface area contributed by atoms with Gasteiger partial charge in [0, 0.05) is 12.2 Å². The smallest absolute Gasteiger partial charge is 0.236 e. The molecule has 6 heteroatoms. The van der Waals surface area contributed by atoms with Crippen LogP contribution in [0.4, 0.5) is 5.69 Å². The lowest BCUT2D eigenvalue weighted by molar-refractivity contribution is 0.282. The molecule has 3 N–H and O–H groups in total. The zero-order chi connectivity index (χ0) is 13.0. The van der Waals surface area contributed by atoms with Gasteiger partial charge in [-0.1, -0.05) is 12.1 Å². The summed E-state index contributed by atoms with van der Waals surface area (Å²) in [5.74, 6) is 0. The van der Waals surface area contributed by atoms with Crippen LogP contribution in [-0.2, 0) is 16.6 Å². The number of rotatable bonds is 4. The van der Waals surface area contributed by atoms with Crippen molar-refractivity contribution in [2.45, 2.75) is 24.7 Å². The molecule has 1 atom stereocenters. The number of benzene rings is 1. The normalized spacial score (nSPS) is 20.6. The number of anilines is 1. The molecule has 18 heavy (non-hydrogen) atoms. The molecule has 1 saturated heterocycles. The Kier molecular flexibility index (Phi) is 4.21. The van der Waals surface area contributed by atoms with Crippen molar-refractivity contribution in [3.8, 4) is 0 Å². The highest BCUT2D eigenvalue weighted by Gasteiger charge is 2.26. The second kappa shape index (κ2) is 5.69. The second-order valence-electron chi connectivity index (χ2n) is 4.47. The highest BCUT2D eigenvalue weighted by molar-refractivity contribution is 7.93. The van der Waals surface area contributed by atoms with E-state index < -0.39 is 10.0 Å². The molecule has 0 aliphatic carbocycles. The van der Waals surface area contributed by atoms with Gasteiger partial charge in [0.25, 0.3) is 0 Å². The van der Waals surface area contributed by atoms with Crippen molar-refractivity contribution >= 4 is 15.7 Å². The lowest BCUT2D eigenvalue weighted by Gasteiger charge is -2.23. The Morgan fingerprint density at radius 2 is 2.06 bits per heavy atom. The molecule has 0 bridgehead atoms. The van der Waals surface area contributed by atoms with Crippen molar-refractivity contribution in [1.82, 2.24) is 5.32 Å². The van der Waals surface area contributed by atoms with Crippen LogP contribution in [0.2, 0.25) is 0 Å². The molecular formula is C12H18N2O3S. The standard InChI is InChI=1S/C12H18N2O3S/c15-9-10-3-5-11(6-4-10)14-18(16,17)12-2-1-7-13-8-12/h3-6,12-15H,1-2,7-9H2. The predicted octanol–water partition coefficient (Wildman–Crippen LogP) is 0.673. The van der Waals surface area contributed by atoms with E-state index in [2.05, 4.69) is 10.0 Å². The first-order chi connectivity index (χ1) is 8.62. The molecule has 1 aliphatic rings. The molecule has 1 heterocycles. The summed E-state index contributed by atoms with van der Waals surface area (Å²) in [6.45, 7) is 1.35. The molecular weight excluding hydrogens is 252 g/mol. The highest BCUT2D eigenvalue weighted by atomic mass is 32.2. The van der Waals surface area contributed by atoms with Gasteiger partial charge in [-0.3, -0.25) is 4.72 Å². The first kappa shape index (κ1) is 13.3. The molecule has 0 aromatic heterocycles. The van der Waals surface area contributed by atoms with Crippen LogP contribution in [-0.4, -0.2) is 31.9 Å². The zero-order valence-electron chi connectivity index (χ0n) is 10.1. The van der Waals surface area contributed by atoms with Crippen LogP contribution in [0, 0.1) is 0 Å². The third kappa shape index (κ3) is 3.22. The maximum atomic E-state index is 12.1. The van der Waals surface area contributed by atoms with E-state index >= 15 is 0 Å². The summed E-state index contributed by atoms with van der Waals surface area (Å²) in [6.07, 6.45) is 1.58. The minimum Gasteiger partial charge on any atom is -0.392 e. The van der Waals surface area contributed by atoms with Gasteiger partial charge in [-0.25, -0.2) is 8.42 Å². The molecule has 0 spiro atoms. The van der Waals surface area contributed by atoms with Gasteiger partial charge in [0.15, 0.2) is 0 Å². The lowest BCUT2D eigenvalue weighted by atomic mass is 10.2. The molecule has 1 fully saturated rings. The number of aliphatic hydroxyl groups is 1. The van der Waals surface area contributed by atoms with Crippen molar-refractivity contribution in [3.05, 3.63) is 29.8 Å². The van der Waals surface area contributed by atoms with Gasteiger partial charge < -0.3 is 10.4 Å². The van der Waals surface area contributed by atoms with Crippen molar-refractivity contribution < 1.29 is 13.5 Å². The summed E-state index contributed by atoms with van der Waals surface area (Å²) in [5, 5.41) is 11.6. The third-order valence-corrected chi connectivity index (χ3v) is 4.89. The summed E-state index contributed by atoms with van der Waals surface area (Å²) in [6, 6.07) is 6.74. The number of piperidine rings is 1. The first-order valence-electron chi connectivity index (χ1n) is 6.04. The van der Waals surface area contributed by atoms with E-state index in [9.17, 15) is 8.42 Å². The Balaban J connectivity index is 2.06. The summed E-state index contributed by atoms with van der Waals surface area (Å²) in [7, 11) is -3.33. The first-order valence-corrected chi connectivity index (χ1v) is 7.58. The van der Waals surface area contributed by atoms with Crippen LogP contribution in [0.5, 0.6) is 0 Å². The Hall–Kier alpha value is -1.11. The molecule has 0 radical (unpaired) electrons. The lowest BCUT2D eigenvalue weighted by Crippen LogP contribution is -2.41. The Morgan fingerprint density at radius 3 is 2.61 bits per heavy atom. The Labute approximate surface area is 107 Å². The van der Waals surface area contributed by atoms with E-state index in [4.69, 9.17) is 5.11 Å². The Morgan fingerprint density at radius 1 is 1.33 bits per heavy atom. The number of aliphatic hydroxyl groups excluding tert-OH is 1.